The number of pyridine rings is 1. The van der Waals surface area contributed by atoms with E-state index >= 15 is 0 Å². The van der Waals surface area contributed by atoms with E-state index in [1.54, 1.807) is 12.3 Å². The highest BCUT2D eigenvalue weighted by atomic mass is 79.9. The topological polar surface area (TPSA) is 45.1 Å². The Morgan fingerprint density at radius 1 is 1.20 bits per heavy atom. The molecule has 1 aromatic carbocycles. The van der Waals surface area contributed by atoms with Gasteiger partial charge in [-0.05, 0) is 72.1 Å². The second-order valence-corrected chi connectivity index (χ2v) is 7.06. The average molecular weight is 485 g/mol. The van der Waals surface area contributed by atoms with Gasteiger partial charge in [-0.3, -0.25) is 4.98 Å². The Kier molecular flexibility index (Phi) is 5.86. The quantitative estimate of drug-likeness (QED) is 0.629. The summed E-state index contributed by atoms with van der Waals surface area (Å²) in [4.78, 5) is 4.33. The fourth-order valence-corrected chi connectivity index (χ4v) is 3.43. The molecule has 0 aliphatic carbocycles. The minimum Gasteiger partial charge on any atom is -0.394 e. The summed E-state index contributed by atoms with van der Waals surface area (Å²) in [5.41, 5.74) is 1.58. The molecule has 0 bridgehead atoms. The Bertz CT molecular complexity index is 625. The molecule has 7 heteroatoms. The van der Waals surface area contributed by atoms with Gasteiger partial charge < -0.3 is 10.4 Å². The number of hydrogen-bond donors (Lipinski definition) is 2. The van der Waals surface area contributed by atoms with Crippen LogP contribution >= 0.6 is 59.4 Å². The van der Waals surface area contributed by atoms with Gasteiger partial charge in [0.15, 0.2) is 0 Å². The number of benzene rings is 1. The van der Waals surface area contributed by atoms with Crippen molar-refractivity contribution in [2.75, 3.05) is 11.9 Å². The Hall–Kier alpha value is -0.140. The monoisotopic (exact) mass is 482 g/mol. The number of aliphatic hydroxyl groups is 1. The molecule has 0 fully saturated rings. The van der Waals surface area contributed by atoms with Crippen molar-refractivity contribution in [3.05, 3.63) is 54.6 Å². The van der Waals surface area contributed by atoms with E-state index in [9.17, 15) is 5.11 Å². The first kappa shape index (κ1) is 16.2. The van der Waals surface area contributed by atoms with Crippen LogP contribution in [-0.2, 0) is 0 Å². The molecule has 2 aromatic rings. The van der Waals surface area contributed by atoms with Crippen LogP contribution in [0.5, 0.6) is 0 Å². The maximum absolute atomic E-state index is 9.59. The molecular formula is C13H10Br3ClN2O. The van der Waals surface area contributed by atoms with Crippen LogP contribution in [0.1, 0.15) is 11.7 Å². The van der Waals surface area contributed by atoms with Gasteiger partial charge in [0.1, 0.15) is 0 Å². The highest BCUT2D eigenvalue weighted by Crippen LogP contribution is 2.30. The summed E-state index contributed by atoms with van der Waals surface area (Å²) in [5, 5.41) is 13.5. The molecule has 1 aromatic heterocycles. The molecule has 106 valence electrons. The Morgan fingerprint density at radius 2 is 1.95 bits per heavy atom. The van der Waals surface area contributed by atoms with Gasteiger partial charge in [0, 0.05) is 25.3 Å². The van der Waals surface area contributed by atoms with E-state index in [1.807, 2.05) is 18.2 Å². The molecule has 20 heavy (non-hydrogen) atoms. The third-order valence-electron chi connectivity index (χ3n) is 2.61. The van der Waals surface area contributed by atoms with Gasteiger partial charge in [-0.1, -0.05) is 11.6 Å². The highest BCUT2D eigenvalue weighted by molar-refractivity contribution is 9.11. The van der Waals surface area contributed by atoms with Crippen LogP contribution < -0.4 is 5.32 Å². The van der Waals surface area contributed by atoms with Crippen molar-refractivity contribution in [3.8, 4) is 0 Å². The predicted octanol–water partition coefficient (Wildman–Crippen LogP) is 5.17. The molecule has 0 saturated heterocycles. The van der Waals surface area contributed by atoms with Crippen LogP contribution in [-0.4, -0.2) is 16.7 Å². The second-order valence-electron chi connectivity index (χ2n) is 4.03. The molecule has 3 nitrogen and oxygen atoms in total. The zero-order valence-corrected chi connectivity index (χ0v) is 15.6. The molecule has 0 aliphatic rings. The van der Waals surface area contributed by atoms with Crippen molar-refractivity contribution in [1.29, 1.82) is 0 Å². The minimum absolute atomic E-state index is 0.0759. The molecule has 1 heterocycles. The Morgan fingerprint density at radius 3 is 2.55 bits per heavy atom. The maximum Gasteiger partial charge on any atom is 0.0929 e. The van der Waals surface area contributed by atoms with E-state index in [1.165, 1.54) is 0 Å². The molecule has 2 N–H and O–H groups in total. The van der Waals surface area contributed by atoms with Crippen LogP contribution in [0.4, 0.5) is 5.69 Å². The number of nitrogens with zero attached hydrogens (tertiary/aromatic N) is 1. The van der Waals surface area contributed by atoms with E-state index in [2.05, 4.69) is 58.1 Å². The van der Waals surface area contributed by atoms with E-state index < -0.39 is 0 Å². The van der Waals surface area contributed by atoms with Gasteiger partial charge in [0.05, 0.1) is 23.4 Å². The number of aliphatic hydroxyl groups excluding tert-OH is 1. The largest absolute Gasteiger partial charge is 0.394 e. The lowest BCUT2D eigenvalue weighted by Crippen LogP contribution is -2.16. The van der Waals surface area contributed by atoms with Crippen molar-refractivity contribution in [1.82, 2.24) is 4.98 Å². The standard InChI is InChI=1S/C13H10Br3ClN2O/c14-7-3-10(16)13(18-5-7)12(6-20)19-8-1-2-11(17)9(15)4-8/h1-5,12,19-20H,6H2. The summed E-state index contributed by atoms with van der Waals surface area (Å²) < 4.78 is 2.49. The summed E-state index contributed by atoms with van der Waals surface area (Å²) in [5.74, 6) is 0. The first-order valence-electron chi connectivity index (χ1n) is 5.64. The molecule has 0 radical (unpaired) electrons. The van der Waals surface area contributed by atoms with E-state index in [0.29, 0.717) is 5.02 Å². The van der Waals surface area contributed by atoms with Crippen molar-refractivity contribution in [3.63, 3.8) is 0 Å². The van der Waals surface area contributed by atoms with Crippen LogP contribution in [0, 0.1) is 0 Å². The van der Waals surface area contributed by atoms with Crippen molar-refractivity contribution in [2.24, 2.45) is 0 Å². The number of anilines is 1. The third kappa shape index (κ3) is 3.95. The summed E-state index contributed by atoms with van der Waals surface area (Å²) >= 11 is 16.1. The zero-order chi connectivity index (χ0) is 14.7. The Labute approximate surface area is 147 Å². The maximum atomic E-state index is 9.59. The molecule has 0 spiro atoms. The fourth-order valence-electron chi connectivity index (χ4n) is 1.67. The van der Waals surface area contributed by atoms with Gasteiger partial charge in [0.2, 0.25) is 0 Å². The van der Waals surface area contributed by atoms with Gasteiger partial charge >= 0.3 is 0 Å². The SMILES string of the molecule is OCC(Nc1ccc(Cl)c(Br)c1)c1ncc(Br)cc1Br. The lowest BCUT2D eigenvalue weighted by molar-refractivity contribution is 0.274. The highest BCUT2D eigenvalue weighted by Gasteiger charge is 2.16. The first-order chi connectivity index (χ1) is 9.51. The summed E-state index contributed by atoms with van der Waals surface area (Å²) in [6, 6.07) is 7.07. The molecule has 1 atom stereocenters. The van der Waals surface area contributed by atoms with Crippen molar-refractivity contribution < 1.29 is 5.11 Å². The number of nitrogens with one attached hydrogen (secondary N) is 1. The van der Waals surface area contributed by atoms with Crippen LogP contribution in [0.3, 0.4) is 0 Å². The molecular weight excluding hydrogens is 475 g/mol. The minimum atomic E-state index is -0.314. The third-order valence-corrected chi connectivity index (χ3v) is 4.89. The fraction of sp³-hybridized carbons (Fsp3) is 0.154. The summed E-state index contributed by atoms with van der Waals surface area (Å²) in [6.45, 7) is -0.0759. The van der Waals surface area contributed by atoms with Crippen LogP contribution in [0.15, 0.2) is 43.9 Å². The number of hydrogen-bond acceptors (Lipinski definition) is 3. The molecule has 1 unspecified atom stereocenters. The summed E-state index contributed by atoms with van der Waals surface area (Å²) in [7, 11) is 0. The Balaban J connectivity index is 2.26. The molecule has 2 rings (SSSR count). The average Bonchev–Trinajstić information content (AvgIpc) is 2.41. The lowest BCUT2D eigenvalue weighted by Gasteiger charge is -2.19. The van der Waals surface area contributed by atoms with E-state index in [0.717, 1.165) is 24.8 Å². The van der Waals surface area contributed by atoms with E-state index in [-0.39, 0.29) is 12.6 Å². The van der Waals surface area contributed by atoms with Gasteiger partial charge in [-0.15, -0.1) is 0 Å². The van der Waals surface area contributed by atoms with Gasteiger partial charge in [0.25, 0.3) is 0 Å². The van der Waals surface area contributed by atoms with Crippen LogP contribution in [0.25, 0.3) is 0 Å². The second kappa shape index (κ2) is 7.22. The number of halogens is 4. The molecule has 0 saturated carbocycles. The normalized spacial score (nSPS) is 12.2. The summed E-state index contributed by atoms with van der Waals surface area (Å²) in [6.07, 6.45) is 1.70. The van der Waals surface area contributed by atoms with E-state index in [4.69, 9.17) is 11.6 Å². The zero-order valence-electron chi connectivity index (χ0n) is 10.1. The lowest BCUT2D eigenvalue weighted by atomic mass is 10.2. The number of rotatable bonds is 4. The molecule has 0 aliphatic heterocycles. The smallest absolute Gasteiger partial charge is 0.0929 e. The first-order valence-corrected chi connectivity index (χ1v) is 8.40. The van der Waals surface area contributed by atoms with Crippen molar-refractivity contribution >= 4 is 65.1 Å². The van der Waals surface area contributed by atoms with Gasteiger partial charge in [-0.2, -0.15) is 0 Å². The predicted molar refractivity (Wildman–Crippen MR) is 92.2 cm³/mol. The van der Waals surface area contributed by atoms with Crippen LogP contribution in [0.2, 0.25) is 5.02 Å². The van der Waals surface area contributed by atoms with Gasteiger partial charge in [-0.25, -0.2) is 0 Å². The molecule has 0 amide bonds. The number of aromatic nitrogens is 1. The van der Waals surface area contributed by atoms with Crippen molar-refractivity contribution in [2.45, 2.75) is 6.04 Å².